The standard InChI is InChI=1S/C15H15F4NO2/c1-8(2)5-11-13(22-7-15(17,18)19)10-6-9(16)3-4-12(10)20-14(11)21/h3-4,6,8H,5,7H2,1-2H3,(H,20,21). The molecule has 3 nitrogen and oxygen atoms in total. The molecule has 2 rings (SSSR count). The van der Waals surface area contributed by atoms with Crippen LogP contribution in [0.15, 0.2) is 23.0 Å². The molecule has 0 saturated carbocycles. The molecule has 0 saturated heterocycles. The van der Waals surface area contributed by atoms with E-state index in [0.29, 0.717) is 0 Å². The number of aromatic amines is 1. The Hall–Kier alpha value is -2.05. The van der Waals surface area contributed by atoms with E-state index in [0.717, 1.165) is 12.1 Å². The van der Waals surface area contributed by atoms with Gasteiger partial charge in [0.15, 0.2) is 6.61 Å². The number of pyridine rings is 1. The minimum absolute atomic E-state index is 0.0281. The van der Waals surface area contributed by atoms with Crippen LogP contribution in [0, 0.1) is 11.7 Å². The zero-order valence-electron chi connectivity index (χ0n) is 12.1. The summed E-state index contributed by atoms with van der Waals surface area (Å²) in [4.78, 5) is 14.6. The molecule has 1 N–H and O–H groups in total. The second-order valence-corrected chi connectivity index (χ2v) is 5.45. The maximum absolute atomic E-state index is 13.4. The van der Waals surface area contributed by atoms with Crippen molar-refractivity contribution < 1.29 is 22.3 Å². The minimum atomic E-state index is -4.54. The van der Waals surface area contributed by atoms with Gasteiger partial charge in [-0.3, -0.25) is 4.79 Å². The lowest BCUT2D eigenvalue weighted by atomic mass is 10.0. The van der Waals surface area contributed by atoms with E-state index < -0.39 is 24.2 Å². The zero-order valence-corrected chi connectivity index (χ0v) is 12.1. The molecular weight excluding hydrogens is 302 g/mol. The Labute approximate surface area is 123 Å². The number of rotatable bonds is 4. The van der Waals surface area contributed by atoms with Crippen LogP contribution in [0.2, 0.25) is 0 Å². The van der Waals surface area contributed by atoms with Crippen molar-refractivity contribution in [2.75, 3.05) is 6.61 Å². The van der Waals surface area contributed by atoms with Crippen molar-refractivity contribution in [3.8, 4) is 5.75 Å². The molecule has 0 amide bonds. The number of benzene rings is 1. The molecule has 0 aliphatic carbocycles. The van der Waals surface area contributed by atoms with Crippen molar-refractivity contribution in [3.05, 3.63) is 39.9 Å². The lowest BCUT2D eigenvalue weighted by molar-refractivity contribution is -0.153. The molecule has 1 aromatic carbocycles. The number of halogens is 4. The van der Waals surface area contributed by atoms with E-state index >= 15 is 0 Å². The largest absolute Gasteiger partial charge is 0.483 e. The van der Waals surface area contributed by atoms with Crippen LogP contribution in [0.1, 0.15) is 19.4 Å². The third-order valence-electron chi connectivity index (χ3n) is 3.02. The average molecular weight is 317 g/mol. The molecule has 0 aliphatic heterocycles. The van der Waals surface area contributed by atoms with E-state index in [-0.39, 0.29) is 34.6 Å². The highest BCUT2D eigenvalue weighted by atomic mass is 19.4. The first kappa shape index (κ1) is 16.3. The van der Waals surface area contributed by atoms with Crippen molar-refractivity contribution in [3.63, 3.8) is 0 Å². The lowest BCUT2D eigenvalue weighted by Gasteiger charge is -2.16. The van der Waals surface area contributed by atoms with Gasteiger partial charge in [-0.05, 0) is 30.5 Å². The van der Waals surface area contributed by atoms with Gasteiger partial charge in [-0.1, -0.05) is 13.8 Å². The van der Waals surface area contributed by atoms with Crippen molar-refractivity contribution in [1.82, 2.24) is 4.98 Å². The number of alkyl halides is 3. The summed E-state index contributed by atoms with van der Waals surface area (Å²) in [6.07, 6.45) is -4.31. The Bertz CT molecular complexity index is 735. The molecule has 120 valence electrons. The first-order chi connectivity index (χ1) is 10.2. The summed E-state index contributed by atoms with van der Waals surface area (Å²) in [5.41, 5.74) is -0.196. The number of H-pyrrole nitrogens is 1. The van der Waals surface area contributed by atoms with E-state index in [4.69, 9.17) is 4.74 Å². The maximum atomic E-state index is 13.4. The van der Waals surface area contributed by atoms with Gasteiger partial charge in [0.05, 0.1) is 11.1 Å². The van der Waals surface area contributed by atoms with Crippen molar-refractivity contribution in [2.24, 2.45) is 5.92 Å². The van der Waals surface area contributed by atoms with Gasteiger partial charge in [-0.15, -0.1) is 0 Å². The Morgan fingerprint density at radius 3 is 2.55 bits per heavy atom. The predicted molar refractivity (Wildman–Crippen MR) is 74.6 cm³/mol. The molecule has 1 heterocycles. The Morgan fingerprint density at radius 2 is 1.95 bits per heavy atom. The van der Waals surface area contributed by atoms with Crippen LogP contribution in [-0.4, -0.2) is 17.8 Å². The quantitative estimate of drug-likeness (QED) is 0.871. The SMILES string of the molecule is CC(C)Cc1c(OCC(F)(F)F)c2cc(F)ccc2[nH]c1=O. The van der Waals surface area contributed by atoms with Crippen LogP contribution < -0.4 is 10.3 Å². The Morgan fingerprint density at radius 1 is 1.27 bits per heavy atom. The van der Waals surface area contributed by atoms with Crippen molar-refractivity contribution >= 4 is 10.9 Å². The predicted octanol–water partition coefficient (Wildman–Crippen LogP) is 3.81. The molecule has 0 fully saturated rings. The van der Waals surface area contributed by atoms with Gasteiger partial charge in [-0.25, -0.2) is 4.39 Å². The fourth-order valence-corrected chi connectivity index (χ4v) is 2.19. The lowest BCUT2D eigenvalue weighted by Crippen LogP contribution is -2.23. The van der Waals surface area contributed by atoms with Gasteiger partial charge in [-0.2, -0.15) is 13.2 Å². The van der Waals surface area contributed by atoms with Crippen molar-refractivity contribution in [2.45, 2.75) is 26.4 Å². The van der Waals surface area contributed by atoms with E-state index in [2.05, 4.69) is 4.98 Å². The molecule has 0 atom stereocenters. The van der Waals surface area contributed by atoms with E-state index in [1.165, 1.54) is 6.07 Å². The number of hydrogen-bond acceptors (Lipinski definition) is 2. The summed E-state index contributed by atoms with van der Waals surface area (Å²) >= 11 is 0. The van der Waals surface area contributed by atoms with Crippen LogP contribution in [0.5, 0.6) is 5.75 Å². The molecular formula is C15H15F4NO2. The summed E-state index contributed by atoms with van der Waals surface area (Å²) in [6, 6.07) is 3.47. The van der Waals surface area contributed by atoms with Gasteiger partial charge in [0.2, 0.25) is 0 Å². The third kappa shape index (κ3) is 3.78. The summed E-state index contributed by atoms with van der Waals surface area (Å²) in [5, 5.41) is 0.125. The highest BCUT2D eigenvalue weighted by Gasteiger charge is 2.29. The van der Waals surface area contributed by atoms with Gasteiger partial charge < -0.3 is 9.72 Å². The summed E-state index contributed by atoms with van der Waals surface area (Å²) < 4.78 is 55.5. The van der Waals surface area contributed by atoms with Gasteiger partial charge >= 0.3 is 6.18 Å². The van der Waals surface area contributed by atoms with Gasteiger partial charge in [0.1, 0.15) is 11.6 Å². The normalized spacial score (nSPS) is 12.1. The zero-order chi connectivity index (χ0) is 16.5. The van der Waals surface area contributed by atoms with Crippen LogP contribution >= 0.6 is 0 Å². The van der Waals surface area contributed by atoms with Crippen LogP contribution in [0.3, 0.4) is 0 Å². The molecule has 0 radical (unpaired) electrons. The second kappa shape index (κ2) is 5.98. The molecule has 0 bridgehead atoms. The van der Waals surface area contributed by atoms with Crippen molar-refractivity contribution in [1.29, 1.82) is 0 Å². The number of hydrogen-bond donors (Lipinski definition) is 1. The maximum Gasteiger partial charge on any atom is 0.422 e. The highest BCUT2D eigenvalue weighted by Crippen LogP contribution is 2.30. The smallest absolute Gasteiger partial charge is 0.422 e. The van der Waals surface area contributed by atoms with Crippen LogP contribution in [0.25, 0.3) is 10.9 Å². The molecule has 0 spiro atoms. The first-order valence-corrected chi connectivity index (χ1v) is 6.71. The van der Waals surface area contributed by atoms with E-state index in [1.54, 1.807) is 0 Å². The van der Waals surface area contributed by atoms with E-state index in [9.17, 15) is 22.4 Å². The molecule has 7 heteroatoms. The topological polar surface area (TPSA) is 42.1 Å². The molecule has 1 aromatic heterocycles. The molecule has 22 heavy (non-hydrogen) atoms. The monoisotopic (exact) mass is 317 g/mol. The molecule has 0 aliphatic rings. The van der Waals surface area contributed by atoms with Gasteiger partial charge in [0.25, 0.3) is 5.56 Å². The first-order valence-electron chi connectivity index (χ1n) is 6.71. The summed E-state index contributed by atoms with van der Waals surface area (Å²) in [7, 11) is 0. The highest BCUT2D eigenvalue weighted by molar-refractivity contribution is 5.86. The van der Waals surface area contributed by atoms with Gasteiger partial charge in [0, 0.05) is 5.39 Å². The third-order valence-corrected chi connectivity index (χ3v) is 3.02. The minimum Gasteiger partial charge on any atom is -0.483 e. The fraction of sp³-hybridized carbons (Fsp3) is 0.400. The van der Waals surface area contributed by atoms with E-state index in [1.807, 2.05) is 13.8 Å². The average Bonchev–Trinajstić information content (AvgIpc) is 2.37. The second-order valence-electron chi connectivity index (χ2n) is 5.45. The Balaban J connectivity index is 2.63. The summed E-state index contributed by atoms with van der Waals surface area (Å²) in [5.74, 6) is -0.795. The number of aromatic nitrogens is 1. The fourth-order valence-electron chi connectivity index (χ4n) is 2.19. The van der Waals surface area contributed by atoms with Crippen LogP contribution in [0.4, 0.5) is 17.6 Å². The number of ether oxygens (including phenoxy) is 1. The number of fused-ring (bicyclic) bond motifs is 1. The summed E-state index contributed by atoms with van der Waals surface area (Å²) in [6.45, 7) is 2.11. The molecule has 0 unspecified atom stereocenters. The Kier molecular flexibility index (Phi) is 4.44. The number of nitrogens with one attached hydrogen (secondary N) is 1. The molecule has 2 aromatic rings. The van der Waals surface area contributed by atoms with Crippen LogP contribution in [-0.2, 0) is 6.42 Å².